The van der Waals surface area contributed by atoms with Gasteiger partial charge in [0.1, 0.15) is 5.82 Å². The van der Waals surface area contributed by atoms with E-state index in [-0.39, 0.29) is 0 Å². The topological polar surface area (TPSA) is 43.6 Å². The first-order valence-electron chi connectivity index (χ1n) is 4.63. The van der Waals surface area contributed by atoms with Crippen molar-refractivity contribution >= 4 is 11.6 Å². The predicted octanol–water partition coefficient (Wildman–Crippen LogP) is 1.99. The molecule has 78 valence electrons. The molecular weight excluding hydrogens is 212 g/mol. The van der Waals surface area contributed by atoms with E-state index in [1.165, 1.54) is 0 Å². The fourth-order valence-electron chi connectivity index (χ4n) is 1.31. The monoisotopic (exact) mass is 222 g/mol. The highest BCUT2D eigenvalue weighted by atomic mass is 35.5. The lowest BCUT2D eigenvalue weighted by molar-refractivity contribution is 0.758. The van der Waals surface area contributed by atoms with E-state index in [4.69, 9.17) is 11.6 Å². The Morgan fingerprint density at radius 3 is 2.60 bits per heavy atom. The van der Waals surface area contributed by atoms with Gasteiger partial charge in [0.25, 0.3) is 0 Å². The van der Waals surface area contributed by atoms with Crippen LogP contribution in [0.5, 0.6) is 0 Å². The fraction of sp³-hybridized carbons (Fsp3) is 0.300. The summed E-state index contributed by atoms with van der Waals surface area (Å²) in [6, 6.07) is 4.00. The van der Waals surface area contributed by atoms with Gasteiger partial charge in [0, 0.05) is 11.9 Å². The number of halogens is 1. The Morgan fingerprint density at radius 1 is 1.27 bits per heavy atom. The van der Waals surface area contributed by atoms with E-state index < -0.39 is 0 Å². The zero-order valence-electron chi connectivity index (χ0n) is 8.61. The van der Waals surface area contributed by atoms with E-state index in [0.717, 1.165) is 17.1 Å². The van der Waals surface area contributed by atoms with Crippen LogP contribution in [0.1, 0.15) is 17.1 Å². The second-order valence-electron chi connectivity index (χ2n) is 3.41. The van der Waals surface area contributed by atoms with Gasteiger partial charge in [0.15, 0.2) is 0 Å². The van der Waals surface area contributed by atoms with Crippen LogP contribution in [0.2, 0.25) is 5.28 Å². The van der Waals surface area contributed by atoms with Crippen LogP contribution in [0.25, 0.3) is 0 Å². The lowest BCUT2D eigenvalue weighted by Gasteiger charge is -2.04. The molecule has 0 unspecified atom stereocenters. The maximum absolute atomic E-state index is 5.90. The van der Waals surface area contributed by atoms with Crippen molar-refractivity contribution in [2.45, 2.75) is 20.4 Å². The number of nitrogens with zero attached hydrogens (tertiary/aromatic N) is 4. The molecule has 0 N–H and O–H groups in total. The van der Waals surface area contributed by atoms with E-state index >= 15 is 0 Å². The number of hydrogen-bond acceptors (Lipinski definition) is 3. The van der Waals surface area contributed by atoms with Crippen molar-refractivity contribution in [1.82, 2.24) is 19.7 Å². The molecule has 0 amide bonds. The van der Waals surface area contributed by atoms with Crippen molar-refractivity contribution in [2.24, 2.45) is 0 Å². The first kappa shape index (κ1) is 10.1. The normalized spacial score (nSPS) is 10.6. The van der Waals surface area contributed by atoms with Crippen molar-refractivity contribution in [3.8, 4) is 0 Å². The highest BCUT2D eigenvalue weighted by Gasteiger charge is 2.06. The van der Waals surface area contributed by atoms with Crippen LogP contribution in [-0.2, 0) is 6.54 Å². The van der Waals surface area contributed by atoms with Gasteiger partial charge in [-0.25, -0.2) is 0 Å². The second-order valence-corrected chi connectivity index (χ2v) is 3.75. The third kappa shape index (κ3) is 2.15. The molecule has 0 atom stereocenters. The molecule has 4 nitrogen and oxygen atoms in total. The fourth-order valence-corrected chi connectivity index (χ4v) is 1.53. The van der Waals surface area contributed by atoms with Crippen LogP contribution in [0.3, 0.4) is 0 Å². The number of hydrogen-bond donors (Lipinski definition) is 0. The first-order valence-corrected chi connectivity index (χ1v) is 5.01. The van der Waals surface area contributed by atoms with Gasteiger partial charge in [-0.2, -0.15) is 0 Å². The third-order valence-electron chi connectivity index (χ3n) is 2.20. The number of aromatic nitrogens is 4. The van der Waals surface area contributed by atoms with Gasteiger partial charge >= 0.3 is 0 Å². The minimum absolute atomic E-state index is 0.410. The van der Waals surface area contributed by atoms with Crippen LogP contribution >= 0.6 is 11.6 Å². The molecule has 0 bridgehead atoms. The van der Waals surface area contributed by atoms with E-state index in [1.54, 1.807) is 0 Å². The predicted molar refractivity (Wildman–Crippen MR) is 57.8 cm³/mol. The molecule has 2 aromatic heterocycles. The standard InChI is InChI=1S/C10H11ClN4/c1-7-3-4-9(5-12-7)6-15-8(2)13-14-10(15)11/h3-5H,6H2,1-2H3. The number of aryl methyl sites for hydroxylation is 2. The molecule has 0 aliphatic rings. The van der Waals surface area contributed by atoms with Gasteiger partial charge in [-0.15, -0.1) is 10.2 Å². The molecule has 5 heteroatoms. The smallest absolute Gasteiger partial charge is 0.225 e. The van der Waals surface area contributed by atoms with Gasteiger partial charge in [0.2, 0.25) is 5.28 Å². The SMILES string of the molecule is Cc1ccc(Cn2c(C)nnc2Cl)cn1. The Morgan fingerprint density at radius 2 is 2.07 bits per heavy atom. The van der Waals surface area contributed by atoms with Gasteiger partial charge < -0.3 is 0 Å². The summed E-state index contributed by atoms with van der Waals surface area (Å²) in [5.74, 6) is 0.806. The second kappa shape index (κ2) is 3.98. The summed E-state index contributed by atoms with van der Waals surface area (Å²) in [6.45, 7) is 4.49. The van der Waals surface area contributed by atoms with Crippen molar-refractivity contribution in [2.75, 3.05) is 0 Å². The average Bonchev–Trinajstić information content (AvgIpc) is 2.53. The van der Waals surface area contributed by atoms with Crippen LogP contribution in [0.4, 0.5) is 0 Å². The van der Waals surface area contributed by atoms with Crippen molar-refractivity contribution in [3.05, 3.63) is 40.7 Å². The van der Waals surface area contributed by atoms with Crippen LogP contribution in [-0.4, -0.2) is 19.7 Å². The summed E-state index contributed by atoms with van der Waals surface area (Å²) in [5, 5.41) is 8.09. The molecule has 15 heavy (non-hydrogen) atoms. The Hall–Kier alpha value is -1.42. The van der Waals surface area contributed by atoms with Crippen LogP contribution < -0.4 is 0 Å². The minimum Gasteiger partial charge on any atom is -0.297 e. The zero-order valence-corrected chi connectivity index (χ0v) is 9.36. The molecule has 2 aromatic rings. The van der Waals surface area contributed by atoms with E-state index in [2.05, 4.69) is 15.2 Å². The first-order chi connectivity index (χ1) is 7.16. The molecule has 0 radical (unpaired) electrons. The molecule has 0 aliphatic heterocycles. The molecule has 0 spiro atoms. The summed E-state index contributed by atoms with van der Waals surface area (Å²) in [5.41, 5.74) is 2.09. The van der Waals surface area contributed by atoms with Gasteiger partial charge in [-0.1, -0.05) is 6.07 Å². The van der Waals surface area contributed by atoms with Crippen molar-refractivity contribution in [1.29, 1.82) is 0 Å². The summed E-state index contributed by atoms with van der Waals surface area (Å²) in [7, 11) is 0. The Labute approximate surface area is 92.9 Å². The number of rotatable bonds is 2. The highest BCUT2D eigenvalue weighted by molar-refractivity contribution is 6.28. The Bertz CT molecular complexity index is 441. The summed E-state index contributed by atoms with van der Waals surface area (Å²) < 4.78 is 1.84. The van der Waals surface area contributed by atoms with E-state index in [0.29, 0.717) is 11.8 Å². The highest BCUT2D eigenvalue weighted by Crippen LogP contribution is 2.10. The molecular formula is C10H11ClN4. The lowest BCUT2D eigenvalue weighted by Crippen LogP contribution is -2.02. The number of pyridine rings is 1. The van der Waals surface area contributed by atoms with Crippen molar-refractivity contribution in [3.63, 3.8) is 0 Å². The lowest BCUT2D eigenvalue weighted by atomic mass is 10.2. The van der Waals surface area contributed by atoms with Gasteiger partial charge in [-0.3, -0.25) is 9.55 Å². The minimum atomic E-state index is 0.410. The molecule has 0 saturated carbocycles. The quantitative estimate of drug-likeness (QED) is 0.781. The third-order valence-corrected chi connectivity index (χ3v) is 2.48. The maximum Gasteiger partial charge on any atom is 0.225 e. The molecule has 0 aliphatic carbocycles. The van der Waals surface area contributed by atoms with E-state index in [9.17, 15) is 0 Å². The van der Waals surface area contributed by atoms with Gasteiger partial charge in [0.05, 0.1) is 6.54 Å². The van der Waals surface area contributed by atoms with Crippen LogP contribution in [0, 0.1) is 13.8 Å². The summed E-state index contributed by atoms with van der Waals surface area (Å²) in [4.78, 5) is 4.22. The Balaban J connectivity index is 2.25. The molecule has 0 fully saturated rings. The summed E-state index contributed by atoms with van der Waals surface area (Å²) >= 11 is 5.90. The van der Waals surface area contributed by atoms with Crippen LogP contribution in [0.15, 0.2) is 18.3 Å². The average molecular weight is 223 g/mol. The zero-order chi connectivity index (χ0) is 10.8. The Kier molecular flexibility index (Phi) is 2.68. The largest absolute Gasteiger partial charge is 0.297 e. The molecule has 2 heterocycles. The van der Waals surface area contributed by atoms with E-state index in [1.807, 2.05) is 36.7 Å². The van der Waals surface area contributed by atoms with Gasteiger partial charge in [-0.05, 0) is 37.1 Å². The molecule has 2 rings (SSSR count). The summed E-state index contributed by atoms with van der Waals surface area (Å²) in [6.07, 6.45) is 1.84. The van der Waals surface area contributed by atoms with Crippen molar-refractivity contribution < 1.29 is 0 Å². The molecule has 0 saturated heterocycles. The maximum atomic E-state index is 5.90. The molecule has 0 aromatic carbocycles.